The molecule has 1 aromatic carbocycles. The Balaban J connectivity index is 1.60. The first-order valence-electron chi connectivity index (χ1n) is 7.15. The SMILES string of the molecule is O=C(NCCc1ccncc1)c1cc(-c2cccc(O)c2)on1. The first-order chi connectivity index (χ1) is 11.2. The number of phenolic OH excluding ortho intramolecular Hbond substituents is 1. The van der Waals surface area contributed by atoms with Crippen LogP contribution in [-0.2, 0) is 6.42 Å². The van der Waals surface area contributed by atoms with E-state index in [0.717, 1.165) is 5.56 Å². The number of aromatic nitrogens is 2. The van der Waals surface area contributed by atoms with Gasteiger partial charge in [-0.3, -0.25) is 9.78 Å². The van der Waals surface area contributed by atoms with E-state index in [2.05, 4.69) is 15.5 Å². The maximum Gasteiger partial charge on any atom is 0.273 e. The van der Waals surface area contributed by atoms with Gasteiger partial charge in [-0.05, 0) is 36.2 Å². The summed E-state index contributed by atoms with van der Waals surface area (Å²) in [5, 5.41) is 16.0. The Hall–Kier alpha value is -3.15. The molecule has 116 valence electrons. The number of rotatable bonds is 5. The van der Waals surface area contributed by atoms with E-state index in [4.69, 9.17) is 4.52 Å². The summed E-state index contributed by atoms with van der Waals surface area (Å²) in [4.78, 5) is 16.0. The third-order valence-corrected chi connectivity index (χ3v) is 3.32. The van der Waals surface area contributed by atoms with E-state index < -0.39 is 0 Å². The second-order valence-electron chi connectivity index (χ2n) is 4.99. The number of carbonyl (C=O) groups is 1. The summed E-state index contributed by atoms with van der Waals surface area (Å²) in [6.07, 6.45) is 4.15. The van der Waals surface area contributed by atoms with E-state index in [-0.39, 0.29) is 17.4 Å². The van der Waals surface area contributed by atoms with Crippen molar-refractivity contribution in [3.63, 3.8) is 0 Å². The first-order valence-corrected chi connectivity index (χ1v) is 7.15. The number of carbonyl (C=O) groups excluding carboxylic acids is 1. The van der Waals surface area contributed by atoms with E-state index in [1.807, 2.05) is 12.1 Å². The van der Waals surface area contributed by atoms with Crippen molar-refractivity contribution in [1.29, 1.82) is 0 Å². The standard InChI is InChI=1S/C17H15N3O3/c21-14-3-1-2-13(10-14)16-11-15(20-23-16)17(22)19-9-6-12-4-7-18-8-5-12/h1-5,7-8,10-11,21H,6,9H2,(H,19,22). The molecule has 2 aromatic heterocycles. The molecule has 0 spiro atoms. The van der Waals surface area contributed by atoms with Crippen molar-refractivity contribution in [2.24, 2.45) is 0 Å². The molecule has 23 heavy (non-hydrogen) atoms. The molecule has 0 fully saturated rings. The van der Waals surface area contributed by atoms with Crippen molar-refractivity contribution in [2.45, 2.75) is 6.42 Å². The fourth-order valence-corrected chi connectivity index (χ4v) is 2.14. The van der Waals surface area contributed by atoms with Crippen molar-refractivity contribution in [3.8, 4) is 17.1 Å². The molecular formula is C17H15N3O3. The summed E-state index contributed by atoms with van der Waals surface area (Å²) in [5.41, 5.74) is 1.97. The van der Waals surface area contributed by atoms with Crippen molar-refractivity contribution < 1.29 is 14.4 Å². The molecule has 0 bridgehead atoms. The zero-order valence-electron chi connectivity index (χ0n) is 12.3. The van der Waals surface area contributed by atoms with Crippen molar-refractivity contribution in [2.75, 3.05) is 6.54 Å². The van der Waals surface area contributed by atoms with Crippen LogP contribution in [0.1, 0.15) is 16.1 Å². The number of nitrogens with zero attached hydrogens (tertiary/aromatic N) is 2. The quantitative estimate of drug-likeness (QED) is 0.755. The van der Waals surface area contributed by atoms with Crippen LogP contribution in [0.4, 0.5) is 0 Å². The summed E-state index contributed by atoms with van der Waals surface area (Å²) in [6.45, 7) is 0.497. The van der Waals surface area contributed by atoms with Gasteiger partial charge in [0.15, 0.2) is 11.5 Å². The highest BCUT2D eigenvalue weighted by Gasteiger charge is 2.13. The van der Waals surface area contributed by atoms with Gasteiger partial charge in [-0.2, -0.15) is 0 Å². The maximum atomic E-state index is 12.1. The van der Waals surface area contributed by atoms with Gasteiger partial charge in [0.05, 0.1) is 0 Å². The molecule has 0 saturated heterocycles. The highest BCUT2D eigenvalue weighted by Crippen LogP contribution is 2.23. The molecule has 3 aromatic rings. The van der Waals surface area contributed by atoms with Crippen LogP contribution >= 0.6 is 0 Å². The van der Waals surface area contributed by atoms with Crippen LogP contribution < -0.4 is 5.32 Å². The van der Waals surface area contributed by atoms with Gasteiger partial charge in [0.25, 0.3) is 5.91 Å². The molecule has 0 radical (unpaired) electrons. The van der Waals surface area contributed by atoms with Gasteiger partial charge in [-0.1, -0.05) is 17.3 Å². The average Bonchev–Trinajstić information content (AvgIpc) is 3.06. The van der Waals surface area contributed by atoms with Crippen molar-refractivity contribution in [1.82, 2.24) is 15.5 Å². The Morgan fingerprint density at radius 2 is 2.00 bits per heavy atom. The number of amides is 1. The predicted octanol–water partition coefficient (Wildman–Crippen LogP) is 2.41. The van der Waals surface area contributed by atoms with Crippen LogP contribution in [0, 0.1) is 0 Å². The van der Waals surface area contributed by atoms with E-state index in [9.17, 15) is 9.90 Å². The van der Waals surface area contributed by atoms with Gasteiger partial charge in [-0.25, -0.2) is 0 Å². The first kappa shape index (κ1) is 14.8. The Bertz CT molecular complexity index is 800. The number of hydrogen-bond acceptors (Lipinski definition) is 5. The van der Waals surface area contributed by atoms with Gasteiger partial charge < -0.3 is 14.9 Å². The van der Waals surface area contributed by atoms with Crippen LogP contribution in [0.3, 0.4) is 0 Å². The Morgan fingerprint density at radius 1 is 1.17 bits per heavy atom. The van der Waals surface area contributed by atoms with Crippen molar-refractivity contribution in [3.05, 3.63) is 66.1 Å². The molecule has 0 unspecified atom stereocenters. The molecule has 0 saturated carbocycles. The zero-order chi connectivity index (χ0) is 16.1. The van der Waals surface area contributed by atoms with Crippen LogP contribution in [0.2, 0.25) is 0 Å². The molecule has 0 aliphatic heterocycles. The average molecular weight is 309 g/mol. The second-order valence-corrected chi connectivity index (χ2v) is 4.99. The smallest absolute Gasteiger partial charge is 0.273 e. The number of pyridine rings is 1. The largest absolute Gasteiger partial charge is 0.508 e. The maximum absolute atomic E-state index is 12.1. The summed E-state index contributed by atoms with van der Waals surface area (Å²) < 4.78 is 5.16. The van der Waals surface area contributed by atoms with Crippen LogP contribution in [-0.4, -0.2) is 27.7 Å². The summed E-state index contributed by atoms with van der Waals surface area (Å²) >= 11 is 0. The van der Waals surface area contributed by atoms with Gasteiger partial charge >= 0.3 is 0 Å². The van der Waals surface area contributed by atoms with Crippen molar-refractivity contribution >= 4 is 5.91 Å². The molecule has 6 heteroatoms. The highest BCUT2D eigenvalue weighted by atomic mass is 16.5. The van der Waals surface area contributed by atoms with E-state index in [1.54, 1.807) is 42.7 Å². The van der Waals surface area contributed by atoms with Gasteiger partial charge in [0.1, 0.15) is 5.75 Å². The number of hydrogen-bond donors (Lipinski definition) is 2. The summed E-state index contributed by atoms with van der Waals surface area (Å²) in [6, 6.07) is 11.9. The molecule has 2 N–H and O–H groups in total. The molecule has 0 aliphatic rings. The zero-order valence-corrected chi connectivity index (χ0v) is 12.3. The number of benzene rings is 1. The minimum Gasteiger partial charge on any atom is -0.508 e. The van der Waals surface area contributed by atoms with Crippen LogP contribution in [0.5, 0.6) is 5.75 Å². The lowest BCUT2D eigenvalue weighted by atomic mass is 10.1. The number of nitrogens with one attached hydrogen (secondary N) is 1. The third kappa shape index (κ3) is 3.74. The molecule has 0 atom stereocenters. The lowest BCUT2D eigenvalue weighted by Crippen LogP contribution is -2.25. The topological polar surface area (TPSA) is 88.2 Å². The Morgan fingerprint density at radius 3 is 2.78 bits per heavy atom. The Labute approximate surface area is 132 Å². The van der Waals surface area contributed by atoms with Crippen LogP contribution in [0.15, 0.2) is 59.4 Å². The van der Waals surface area contributed by atoms with Gasteiger partial charge in [-0.15, -0.1) is 0 Å². The molecule has 3 rings (SSSR count). The summed E-state index contributed by atoms with van der Waals surface area (Å²) in [5.74, 6) is 0.261. The van der Waals surface area contributed by atoms with Gasteiger partial charge in [0.2, 0.25) is 0 Å². The van der Waals surface area contributed by atoms with E-state index in [0.29, 0.717) is 24.3 Å². The van der Waals surface area contributed by atoms with Crippen LogP contribution in [0.25, 0.3) is 11.3 Å². The molecular weight excluding hydrogens is 294 g/mol. The molecule has 0 aliphatic carbocycles. The lowest BCUT2D eigenvalue weighted by Gasteiger charge is -2.02. The Kier molecular flexibility index (Phi) is 4.33. The van der Waals surface area contributed by atoms with E-state index >= 15 is 0 Å². The fourth-order valence-electron chi connectivity index (χ4n) is 2.14. The number of aromatic hydroxyl groups is 1. The minimum atomic E-state index is -0.297. The molecule has 6 nitrogen and oxygen atoms in total. The monoisotopic (exact) mass is 309 g/mol. The summed E-state index contributed by atoms with van der Waals surface area (Å²) in [7, 11) is 0. The lowest BCUT2D eigenvalue weighted by molar-refractivity contribution is 0.0945. The second kappa shape index (κ2) is 6.74. The third-order valence-electron chi connectivity index (χ3n) is 3.32. The molecule has 1 amide bonds. The van der Waals surface area contributed by atoms with Gasteiger partial charge in [0, 0.05) is 30.6 Å². The normalized spacial score (nSPS) is 10.4. The number of phenols is 1. The predicted molar refractivity (Wildman–Crippen MR) is 83.9 cm³/mol. The molecule has 2 heterocycles. The fraction of sp³-hybridized carbons (Fsp3) is 0.118. The minimum absolute atomic E-state index is 0.127. The van der Waals surface area contributed by atoms with E-state index in [1.165, 1.54) is 0 Å². The highest BCUT2D eigenvalue weighted by molar-refractivity contribution is 5.93.